The molecule has 0 spiro atoms. The van der Waals surface area contributed by atoms with Gasteiger partial charge in [-0.1, -0.05) is 17.4 Å². The fourth-order valence-electron chi connectivity index (χ4n) is 4.13. The van der Waals surface area contributed by atoms with Crippen molar-refractivity contribution in [2.75, 3.05) is 30.4 Å². The third kappa shape index (κ3) is 4.66. The van der Waals surface area contributed by atoms with Gasteiger partial charge in [0.2, 0.25) is 5.91 Å². The van der Waals surface area contributed by atoms with E-state index in [1.807, 2.05) is 42.5 Å². The molecule has 7 nitrogen and oxygen atoms in total. The molecule has 1 aliphatic rings. The maximum atomic E-state index is 13.0. The highest BCUT2D eigenvalue weighted by Crippen LogP contribution is 2.29. The van der Waals surface area contributed by atoms with Gasteiger partial charge in [0.1, 0.15) is 17.9 Å². The van der Waals surface area contributed by atoms with Gasteiger partial charge in [-0.15, -0.1) is 0 Å². The fourth-order valence-corrected chi connectivity index (χ4v) is 5.10. The molecule has 1 fully saturated rings. The van der Waals surface area contributed by atoms with Crippen LogP contribution in [-0.2, 0) is 4.79 Å². The van der Waals surface area contributed by atoms with Crippen molar-refractivity contribution in [1.82, 2.24) is 15.0 Å². The van der Waals surface area contributed by atoms with Gasteiger partial charge in [0, 0.05) is 24.7 Å². The molecule has 1 N–H and O–H groups in total. The minimum absolute atomic E-state index is 0.0138. The summed E-state index contributed by atoms with van der Waals surface area (Å²) in [5.41, 5.74) is 3.94. The molecular weight excluding hydrogens is 434 g/mol. The molecule has 4 aromatic rings. The number of hydrogen-bond acceptors (Lipinski definition) is 7. The van der Waals surface area contributed by atoms with E-state index >= 15 is 0 Å². The van der Waals surface area contributed by atoms with Gasteiger partial charge in [0.05, 0.1) is 28.9 Å². The molecular formula is C25H25N5O2S. The average Bonchev–Trinajstić information content (AvgIpc) is 3.25. The number of methoxy groups -OCH3 is 1. The van der Waals surface area contributed by atoms with Gasteiger partial charge in [-0.2, -0.15) is 0 Å². The lowest BCUT2D eigenvalue weighted by Crippen LogP contribution is -2.41. The average molecular weight is 460 g/mol. The van der Waals surface area contributed by atoms with E-state index in [9.17, 15) is 4.79 Å². The van der Waals surface area contributed by atoms with E-state index in [1.54, 1.807) is 13.4 Å². The Morgan fingerprint density at radius 2 is 2.00 bits per heavy atom. The van der Waals surface area contributed by atoms with Crippen LogP contribution in [0, 0.1) is 12.8 Å². The number of hydrogen-bond donors (Lipinski definition) is 1. The Balaban J connectivity index is 1.29. The second-order valence-corrected chi connectivity index (χ2v) is 9.29. The Morgan fingerprint density at radius 3 is 2.82 bits per heavy atom. The highest BCUT2D eigenvalue weighted by atomic mass is 32.1. The molecule has 0 bridgehead atoms. The van der Waals surface area contributed by atoms with Gasteiger partial charge < -0.3 is 15.0 Å². The second-order valence-electron chi connectivity index (χ2n) is 8.25. The molecule has 33 heavy (non-hydrogen) atoms. The third-order valence-electron chi connectivity index (χ3n) is 5.93. The van der Waals surface area contributed by atoms with Crippen molar-refractivity contribution in [1.29, 1.82) is 0 Å². The van der Waals surface area contributed by atoms with Crippen LogP contribution in [0.1, 0.15) is 18.4 Å². The summed E-state index contributed by atoms with van der Waals surface area (Å²) in [6.07, 6.45) is 3.36. The molecule has 8 heteroatoms. The zero-order chi connectivity index (χ0) is 22.8. The van der Waals surface area contributed by atoms with Gasteiger partial charge >= 0.3 is 0 Å². The number of carbonyl (C=O) groups is 1. The van der Waals surface area contributed by atoms with E-state index in [2.05, 4.69) is 38.2 Å². The molecule has 5 rings (SSSR count). The summed E-state index contributed by atoms with van der Waals surface area (Å²) in [5.74, 6) is 1.54. The number of benzene rings is 2. The first kappa shape index (κ1) is 21.3. The van der Waals surface area contributed by atoms with E-state index in [4.69, 9.17) is 4.74 Å². The Kier molecular flexibility index (Phi) is 5.92. The lowest BCUT2D eigenvalue weighted by Gasteiger charge is -2.32. The molecule has 3 heterocycles. The smallest absolute Gasteiger partial charge is 0.231 e. The van der Waals surface area contributed by atoms with Crippen LogP contribution < -0.4 is 15.0 Å². The van der Waals surface area contributed by atoms with E-state index < -0.39 is 0 Å². The van der Waals surface area contributed by atoms with Crippen LogP contribution in [-0.4, -0.2) is 41.1 Å². The quantitative estimate of drug-likeness (QED) is 0.456. The van der Waals surface area contributed by atoms with Crippen LogP contribution in [0.3, 0.4) is 0 Å². The summed E-state index contributed by atoms with van der Waals surface area (Å²) in [4.78, 5) is 28.7. The Bertz CT molecular complexity index is 1290. The predicted molar refractivity (Wildman–Crippen MR) is 132 cm³/mol. The highest BCUT2D eigenvalue weighted by Gasteiger charge is 2.27. The normalized spacial score (nSPS) is 16.1. The van der Waals surface area contributed by atoms with Crippen LogP contribution >= 0.6 is 11.3 Å². The number of carbonyl (C=O) groups excluding carboxylic acids is 1. The SMILES string of the molecule is COc1ccc(-c2cc(N3CCCC(C(=O)Nc4nc5ccc(C)cc5s4)C3)ncn2)cc1. The van der Waals surface area contributed by atoms with Crippen LogP contribution in [0.5, 0.6) is 5.75 Å². The van der Waals surface area contributed by atoms with Crippen molar-refractivity contribution < 1.29 is 9.53 Å². The van der Waals surface area contributed by atoms with Crippen molar-refractivity contribution in [3.63, 3.8) is 0 Å². The van der Waals surface area contributed by atoms with E-state index in [0.29, 0.717) is 11.7 Å². The standard InChI is InChI=1S/C25H25N5O2S/c1-16-5-10-20-22(12-16)33-25(28-20)29-24(31)18-4-3-11-30(14-18)23-13-21(26-15-27-23)17-6-8-19(32-2)9-7-17/h5-10,12-13,15,18H,3-4,11,14H2,1-2H3,(H,28,29,31). The van der Waals surface area contributed by atoms with Crippen LogP contribution in [0.25, 0.3) is 21.5 Å². The summed E-state index contributed by atoms with van der Waals surface area (Å²) in [7, 11) is 1.65. The number of anilines is 2. The molecule has 0 aliphatic carbocycles. The topological polar surface area (TPSA) is 80.2 Å². The van der Waals surface area contributed by atoms with Crippen molar-refractivity contribution >= 4 is 38.4 Å². The minimum atomic E-state index is -0.119. The number of amides is 1. The molecule has 1 atom stereocenters. The van der Waals surface area contributed by atoms with E-state index in [0.717, 1.165) is 52.4 Å². The molecule has 168 valence electrons. The van der Waals surface area contributed by atoms with Crippen molar-refractivity contribution in [2.24, 2.45) is 5.92 Å². The summed E-state index contributed by atoms with van der Waals surface area (Å²) < 4.78 is 6.33. The number of aromatic nitrogens is 3. The predicted octanol–water partition coefficient (Wildman–Crippen LogP) is 4.93. The number of nitrogens with one attached hydrogen (secondary N) is 1. The van der Waals surface area contributed by atoms with Crippen LogP contribution in [0.15, 0.2) is 54.9 Å². The minimum Gasteiger partial charge on any atom is -0.497 e. The summed E-state index contributed by atoms with van der Waals surface area (Å²) in [6.45, 7) is 3.54. The Morgan fingerprint density at radius 1 is 1.15 bits per heavy atom. The molecule has 1 aliphatic heterocycles. The first-order valence-electron chi connectivity index (χ1n) is 11.0. The zero-order valence-corrected chi connectivity index (χ0v) is 19.4. The van der Waals surface area contributed by atoms with Gasteiger partial charge in [-0.3, -0.25) is 4.79 Å². The summed E-state index contributed by atoms with van der Waals surface area (Å²) in [5, 5.41) is 3.69. The lowest BCUT2D eigenvalue weighted by molar-refractivity contribution is -0.120. The van der Waals surface area contributed by atoms with E-state index in [-0.39, 0.29) is 11.8 Å². The first-order valence-corrected chi connectivity index (χ1v) is 11.8. The summed E-state index contributed by atoms with van der Waals surface area (Å²) in [6, 6.07) is 15.9. The summed E-state index contributed by atoms with van der Waals surface area (Å²) >= 11 is 1.52. The second kappa shape index (κ2) is 9.15. The largest absolute Gasteiger partial charge is 0.497 e. The van der Waals surface area contributed by atoms with Gasteiger partial charge in [0.25, 0.3) is 0 Å². The van der Waals surface area contributed by atoms with Crippen molar-refractivity contribution in [2.45, 2.75) is 19.8 Å². The number of piperidine rings is 1. The molecule has 1 unspecified atom stereocenters. The molecule has 0 radical (unpaired) electrons. The number of ether oxygens (including phenoxy) is 1. The van der Waals surface area contributed by atoms with Crippen molar-refractivity contribution in [3.05, 3.63) is 60.4 Å². The molecule has 2 aromatic carbocycles. The molecule has 1 saturated heterocycles. The number of aryl methyl sites for hydroxylation is 1. The molecule has 0 saturated carbocycles. The van der Waals surface area contributed by atoms with Gasteiger partial charge in [-0.25, -0.2) is 15.0 Å². The third-order valence-corrected chi connectivity index (χ3v) is 6.86. The maximum absolute atomic E-state index is 13.0. The van der Waals surface area contributed by atoms with Crippen LogP contribution in [0.4, 0.5) is 10.9 Å². The number of rotatable bonds is 5. The molecule has 2 aromatic heterocycles. The number of thiazole rings is 1. The number of nitrogens with zero attached hydrogens (tertiary/aromatic N) is 4. The lowest BCUT2D eigenvalue weighted by atomic mass is 9.97. The van der Waals surface area contributed by atoms with E-state index in [1.165, 1.54) is 16.9 Å². The first-order chi connectivity index (χ1) is 16.1. The fraction of sp³-hybridized carbons (Fsp3) is 0.280. The zero-order valence-electron chi connectivity index (χ0n) is 18.6. The van der Waals surface area contributed by atoms with Gasteiger partial charge in [-0.05, 0) is 61.7 Å². The van der Waals surface area contributed by atoms with Crippen LogP contribution in [0.2, 0.25) is 0 Å². The monoisotopic (exact) mass is 459 g/mol. The Labute approximate surface area is 196 Å². The molecule has 1 amide bonds. The maximum Gasteiger partial charge on any atom is 0.231 e. The number of fused-ring (bicyclic) bond motifs is 1. The van der Waals surface area contributed by atoms with Gasteiger partial charge in [0.15, 0.2) is 5.13 Å². The Hall–Kier alpha value is -3.52. The highest BCUT2D eigenvalue weighted by molar-refractivity contribution is 7.22. The van der Waals surface area contributed by atoms with Crippen molar-refractivity contribution in [3.8, 4) is 17.0 Å².